The number of hydrogen-bond acceptors (Lipinski definition) is 3. The fraction of sp³-hybridized carbons (Fsp3) is 0.500. The van der Waals surface area contributed by atoms with E-state index in [1.807, 2.05) is 0 Å². The number of nitrogens with zero attached hydrogens (tertiary/aromatic N) is 2. The van der Waals surface area contributed by atoms with Crippen LogP contribution in [0.3, 0.4) is 0 Å². The van der Waals surface area contributed by atoms with E-state index in [9.17, 15) is 0 Å². The van der Waals surface area contributed by atoms with E-state index in [1.54, 1.807) is 5.70 Å². The third-order valence-corrected chi connectivity index (χ3v) is 7.76. The lowest BCUT2D eigenvalue weighted by Gasteiger charge is -2.48. The highest BCUT2D eigenvalue weighted by Gasteiger charge is 2.37. The first-order valence-electron chi connectivity index (χ1n) is 12.6. The van der Waals surface area contributed by atoms with E-state index in [-0.39, 0.29) is 0 Å². The topological polar surface area (TPSA) is 31.5 Å². The molecule has 4 nitrogen and oxygen atoms in total. The first kappa shape index (κ1) is 21.4. The van der Waals surface area contributed by atoms with Crippen LogP contribution in [0.25, 0.3) is 21.8 Å². The lowest BCUT2D eigenvalue weighted by atomic mass is 9.74. The van der Waals surface area contributed by atoms with Crippen LogP contribution in [0.5, 0.6) is 5.75 Å². The summed E-state index contributed by atoms with van der Waals surface area (Å²) in [7, 11) is 0. The predicted octanol–water partition coefficient (Wildman–Crippen LogP) is 6.05. The van der Waals surface area contributed by atoms with Gasteiger partial charge < -0.3 is 19.5 Å². The molecule has 6 rings (SSSR count). The summed E-state index contributed by atoms with van der Waals surface area (Å²) >= 11 is 0. The van der Waals surface area contributed by atoms with Crippen LogP contribution in [-0.4, -0.2) is 54.1 Å². The van der Waals surface area contributed by atoms with Crippen molar-refractivity contribution in [1.82, 2.24) is 14.8 Å². The molecule has 0 amide bonds. The number of nitrogens with one attached hydrogen (secondary N) is 1. The van der Waals surface area contributed by atoms with Crippen molar-refractivity contribution in [2.45, 2.75) is 39.5 Å². The van der Waals surface area contributed by atoms with E-state index in [4.69, 9.17) is 4.74 Å². The molecule has 3 aromatic rings. The van der Waals surface area contributed by atoms with E-state index < -0.39 is 0 Å². The molecule has 1 unspecified atom stereocenters. The Kier molecular flexibility index (Phi) is 6.40. The van der Waals surface area contributed by atoms with E-state index in [2.05, 4.69) is 77.2 Å². The summed E-state index contributed by atoms with van der Waals surface area (Å²) in [4.78, 5) is 8.70. The van der Waals surface area contributed by atoms with Crippen molar-refractivity contribution in [3.05, 3.63) is 54.2 Å². The second-order valence-electron chi connectivity index (χ2n) is 9.42. The largest absolute Gasteiger partial charge is 0.489 e. The summed E-state index contributed by atoms with van der Waals surface area (Å²) in [5.74, 6) is 2.52. The van der Waals surface area contributed by atoms with E-state index in [1.165, 1.54) is 61.6 Å². The highest BCUT2D eigenvalue weighted by molar-refractivity contribution is 6.07. The number of hydrogen-bond donors (Lipinski definition) is 1. The molecule has 0 aliphatic carbocycles. The van der Waals surface area contributed by atoms with Crippen molar-refractivity contribution < 1.29 is 4.74 Å². The lowest BCUT2D eigenvalue weighted by Crippen LogP contribution is -2.46. The number of aromatic amines is 1. The molecule has 3 aliphatic heterocycles. The molecular weight excluding hydrogens is 394 g/mol. The summed E-state index contributed by atoms with van der Waals surface area (Å²) in [6.45, 7) is 11.2. The Morgan fingerprint density at radius 3 is 2.62 bits per heavy atom. The molecule has 170 valence electrons. The van der Waals surface area contributed by atoms with Gasteiger partial charge in [-0.25, -0.2) is 0 Å². The smallest absolute Gasteiger partial charge is 0.121 e. The molecule has 0 spiro atoms. The fourth-order valence-electron chi connectivity index (χ4n) is 5.92. The minimum absolute atomic E-state index is 0.650. The number of para-hydroxylation sites is 1. The van der Waals surface area contributed by atoms with Crippen LogP contribution < -0.4 is 4.74 Å². The normalized spacial score (nSPS) is 22.0. The molecule has 3 aliphatic rings. The third-order valence-electron chi connectivity index (χ3n) is 7.76. The van der Waals surface area contributed by atoms with Gasteiger partial charge in [-0.1, -0.05) is 32.0 Å². The van der Waals surface area contributed by atoms with Gasteiger partial charge in [0.05, 0.1) is 5.52 Å². The third kappa shape index (κ3) is 4.25. The summed E-state index contributed by atoms with van der Waals surface area (Å²) in [5.41, 5.74) is 3.88. The van der Waals surface area contributed by atoms with Gasteiger partial charge in [-0.15, -0.1) is 0 Å². The number of allylic oxidation sites excluding steroid dienone is 1. The number of fused-ring (bicyclic) bond motifs is 6. The average Bonchev–Trinajstić information content (AvgIpc) is 3.21. The number of rotatable bonds is 9. The van der Waals surface area contributed by atoms with Gasteiger partial charge in [0, 0.05) is 47.1 Å². The monoisotopic (exact) mass is 431 g/mol. The van der Waals surface area contributed by atoms with Crippen molar-refractivity contribution >= 4 is 21.8 Å². The van der Waals surface area contributed by atoms with Gasteiger partial charge in [0.2, 0.25) is 0 Å². The first-order chi connectivity index (χ1) is 15.8. The van der Waals surface area contributed by atoms with Gasteiger partial charge in [0.15, 0.2) is 0 Å². The molecule has 1 N–H and O–H groups in total. The van der Waals surface area contributed by atoms with Gasteiger partial charge in [-0.05, 0) is 75.5 Å². The Bertz CT molecular complexity index is 1070. The number of aromatic nitrogens is 1. The summed E-state index contributed by atoms with van der Waals surface area (Å²) in [5, 5.41) is 2.53. The standard InChI is InChI=1S/C28H37N3O/c1-3-30(4-2)16-7-9-23-21-13-17-31(18-14-21)28(23)15-19-32-22-11-12-25-24-8-5-6-10-26(24)29-27(25)20-22/h5-6,8,10-12,15,20-21,23,29H,3-4,7,9,13-14,16-19H2,1-2H3. The summed E-state index contributed by atoms with van der Waals surface area (Å²) < 4.78 is 6.22. The van der Waals surface area contributed by atoms with Gasteiger partial charge in [-0.3, -0.25) is 0 Å². The molecule has 32 heavy (non-hydrogen) atoms. The van der Waals surface area contributed by atoms with Gasteiger partial charge in [-0.2, -0.15) is 0 Å². The van der Waals surface area contributed by atoms with Crippen LogP contribution in [0.1, 0.15) is 39.5 Å². The molecule has 4 heterocycles. The Morgan fingerprint density at radius 2 is 1.81 bits per heavy atom. The minimum Gasteiger partial charge on any atom is -0.489 e. The van der Waals surface area contributed by atoms with Crippen LogP contribution >= 0.6 is 0 Å². The first-order valence-corrected chi connectivity index (χ1v) is 12.6. The highest BCUT2D eigenvalue weighted by atomic mass is 16.5. The van der Waals surface area contributed by atoms with Crippen LogP contribution in [0, 0.1) is 11.8 Å². The Labute approximate surface area is 192 Å². The van der Waals surface area contributed by atoms with Crippen LogP contribution in [0.4, 0.5) is 0 Å². The van der Waals surface area contributed by atoms with Gasteiger partial charge in [0.25, 0.3) is 0 Å². The predicted molar refractivity (Wildman–Crippen MR) is 134 cm³/mol. The van der Waals surface area contributed by atoms with E-state index in [0.717, 1.165) is 30.3 Å². The maximum absolute atomic E-state index is 6.22. The van der Waals surface area contributed by atoms with Gasteiger partial charge in [0.1, 0.15) is 12.4 Å². The van der Waals surface area contributed by atoms with Crippen LogP contribution in [0.2, 0.25) is 0 Å². The van der Waals surface area contributed by atoms with Crippen LogP contribution in [-0.2, 0) is 0 Å². The van der Waals surface area contributed by atoms with Gasteiger partial charge >= 0.3 is 0 Å². The van der Waals surface area contributed by atoms with E-state index >= 15 is 0 Å². The van der Waals surface area contributed by atoms with Crippen molar-refractivity contribution in [2.75, 3.05) is 39.3 Å². The number of benzene rings is 2. The van der Waals surface area contributed by atoms with Crippen molar-refractivity contribution in [3.63, 3.8) is 0 Å². The second kappa shape index (κ2) is 9.58. The van der Waals surface area contributed by atoms with E-state index in [0.29, 0.717) is 12.5 Å². The van der Waals surface area contributed by atoms with Crippen LogP contribution in [0.15, 0.2) is 54.2 Å². The quantitative estimate of drug-likeness (QED) is 0.448. The molecule has 0 saturated carbocycles. The zero-order valence-corrected chi connectivity index (χ0v) is 19.6. The Balaban J connectivity index is 1.26. The molecular formula is C28H37N3O. The number of H-pyrrole nitrogens is 1. The lowest BCUT2D eigenvalue weighted by molar-refractivity contribution is 0.0929. The molecule has 0 radical (unpaired) electrons. The average molecular weight is 432 g/mol. The highest BCUT2D eigenvalue weighted by Crippen LogP contribution is 2.42. The minimum atomic E-state index is 0.650. The zero-order valence-electron chi connectivity index (χ0n) is 19.6. The molecule has 4 heteroatoms. The number of piperidine rings is 3. The molecule has 2 bridgehead atoms. The Morgan fingerprint density at radius 1 is 1.03 bits per heavy atom. The molecule has 1 atom stereocenters. The summed E-state index contributed by atoms with van der Waals surface area (Å²) in [6.07, 6.45) is 7.72. The van der Waals surface area contributed by atoms with Crippen molar-refractivity contribution in [2.24, 2.45) is 11.8 Å². The SMILES string of the molecule is CCN(CC)CCCC1C(=CCOc2ccc3c(c2)[nH]c2ccccc23)N2CCC1CC2. The maximum atomic E-state index is 6.22. The Hall–Kier alpha value is -2.46. The summed E-state index contributed by atoms with van der Waals surface area (Å²) in [6, 6.07) is 14.9. The molecule has 1 aromatic heterocycles. The second-order valence-corrected chi connectivity index (χ2v) is 9.42. The number of ether oxygens (including phenoxy) is 1. The zero-order chi connectivity index (χ0) is 21.9. The maximum Gasteiger partial charge on any atom is 0.121 e. The fourth-order valence-corrected chi connectivity index (χ4v) is 5.92. The van der Waals surface area contributed by atoms with Crippen molar-refractivity contribution in [3.8, 4) is 5.75 Å². The molecule has 3 saturated heterocycles. The molecule has 3 fully saturated rings. The molecule has 2 aromatic carbocycles. The van der Waals surface area contributed by atoms with Crippen molar-refractivity contribution in [1.29, 1.82) is 0 Å².